The molecule has 0 bridgehead atoms. The summed E-state index contributed by atoms with van der Waals surface area (Å²) in [4.78, 5) is 22.6. The molecule has 0 fully saturated rings. The summed E-state index contributed by atoms with van der Waals surface area (Å²) in [6.07, 6.45) is -0.619. The zero-order chi connectivity index (χ0) is 17.8. The fraction of sp³-hybridized carbons (Fsp3) is 0.533. The van der Waals surface area contributed by atoms with Crippen molar-refractivity contribution in [2.24, 2.45) is 5.73 Å². The summed E-state index contributed by atoms with van der Waals surface area (Å²) in [5, 5.41) is 14.1. The number of nitrogens with one attached hydrogen (secondary N) is 1. The molecule has 0 saturated carbocycles. The lowest BCUT2D eigenvalue weighted by atomic mass is 9.81. The minimum absolute atomic E-state index is 0.0585. The molecule has 0 aromatic heterocycles. The molecule has 1 atom stereocenters. The summed E-state index contributed by atoms with van der Waals surface area (Å²) in [6.45, 7) is 7.06. The van der Waals surface area contributed by atoms with Crippen LogP contribution in [0.1, 0.15) is 33.3 Å². The number of nitrogens with zero attached hydrogens (tertiary/aromatic N) is 1. The minimum Gasteiger partial charge on any atom is -0.444 e. The van der Waals surface area contributed by atoms with Crippen molar-refractivity contribution < 1.29 is 14.5 Å². The van der Waals surface area contributed by atoms with Gasteiger partial charge in [-0.25, -0.2) is 4.79 Å². The number of alkyl carbamates (subject to hydrolysis) is 1. The molecule has 0 spiro atoms. The number of nitro groups is 1. The minimum atomic E-state index is -0.905. The fourth-order valence-electron chi connectivity index (χ4n) is 2.11. The van der Waals surface area contributed by atoms with E-state index in [1.807, 2.05) is 0 Å². The molecule has 0 aliphatic carbocycles. The molecule has 3 N–H and O–H groups in total. The molecule has 23 heavy (non-hydrogen) atoms. The monoisotopic (exact) mass is 343 g/mol. The lowest BCUT2D eigenvalue weighted by Gasteiger charge is -2.30. The maximum absolute atomic E-state index is 11.8. The van der Waals surface area contributed by atoms with Crippen LogP contribution in [0.4, 0.5) is 10.5 Å². The normalized spacial score (nSPS) is 14.0. The van der Waals surface area contributed by atoms with Crippen molar-refractivity contribution in [3.05, 3.63) is 38.9 Å². The van der Waals surface area contributed by atoms with Gasteiger partial charge in [0, 0.05) is 24.6 Å². The van der Waals surface area contributed by atoms with E-state index in [1.165, 1.54) is 12.1 Å². The molecule has 1 aromatic carbocycles. The highest BCUT2D eigenvalue weighted by molar-refractivity contribution is 6.31. The first-order valence-electron chi connectivity index (χ1n) is 7.10. The van der Waals surface area contributed by atoms with E-state index in [1.54, 1.807) is 33.8 Å². The first kappa shape index (κ1) is 19.2. The average molecular weight is 344 g/mol. The highest BCUT2D eigenvalue weighted by Gasteiger charge is 2.35. The van der Waals surface area contributed by atoms with Crippen molar-refractivity contribution >= 4 is 23.4 Å². The SMILES string of the molecule is CC(C)(C)OC(=O)NCC(C)(CN)c1c(Cl)cccc1[N+](=O)[O-]. The highest BCUT2D eigenvalue weighted by atomic mass is 35.5. The number of carbonyl (C=O) groups is 1. The Morgan fingerprint density at radius 1 is 1.39 bits per heavy atom. The Bertz CT molecular complexity index is 601. The zero-order valence-corrected chi connectivity index (χ0v) is 14.4. The molecule has 0 saturated heterocycles. The van der Waals surface area contributed by atoms with Gasteiger partial charge in [0.1, 0.15) is 5.60 Å². The third-order valence-electron chi connectivity index (χ3n) is 3.26. The van der Waals surface area contributed by atoms with Gasteiger partial charge in [-0.15, -0.1) is 0 Å². The molecule has 0 radical (unpaired) electrons. The van der Waals surface area contributed by atoms with E-state index in [-0.39, 0.29) is 23.8 Å². The first-order valence-corrected chi connectivity index (χ1v) is 7.48. The largest absolute Gasteiger partial charge is 0.444 e. The van der Waals surface area contributed by atoms with Crippen molar-refractivity contribution in [1.82, 2.24) is 5.32 Å². The number of ether oxygens (including phenoxy) is 1. The number of rotatable bonds is 5. The van der Waals surface area contributed by atoms with Crippen LogP contribution < -0.4 is 11.1 Å². The van der Waals surface area contributed by atoms with Crippen molar-refractivity contribution in [2.45, 2.75) is 38.7 Å². The lowest BCUT2D eigenvalue weighted by Crippen LogP contribution is -2.45. The van der Waals surface area contributed by atoms with Crippen LogP contribution in [-0.2, 0) is 10.2 Å². The van der Waals surface area contributed by atoms with Gasteiger partial charge in [0.25, 0.3) is 5.69 Å². The molecule has 0 heterocycles. The van der Waals surface area contributed by atoms with Crippen molar-refractivity contribution in [2.75, 3.05) is 13.1 Å². The van der Waals surface area contributed by atoms with E-state index < -0.39 is 22.0 Å². The second kappa shape index (κ2) is 7.14. The van der Waals surface area contributed by atoms with E-state index in [0.717, 1.165) is 0 Å². The lowest BCUT2D eigenvalue weighted by molar-refractivity contribution is -0.386. The second-order valence-electron chi connectivity index (χ2n) is 6.51. The van der Waals surface area contributed by atoms with Crippen LogP contribution in [0.5, 0.6) is 0 Å². The van der Waals surface area contributed by atoms with Gasteiger partial charge < -0.3 is 15.8 Å². The van der Waals surface area contributed by atoms with Gasteiger partial charge in [0.05, 0.1) is 15.5 Å². The van der Waals surface area contributed by atoms with E-state index >= 15 is 0 Å². The first-order chi connectivity index (χ1) is 10.5. The summed E-state index contributed by atoms with van der Waals surface area (Å²) in [6, 6.07) is 4.43. The molecular formula is C15H22ClN3O4. The third-order valence-corrected chi connectivity index (χ3v) is 3.58. The molecule has 1 unspecified atom stereocenters. The van der Waals surface area contributed by atoms with E-state index in [9.17, 15) is 14.9 Å². The third kappa shape index (κ3) is 5.07. The van der Waals surface area contributed by atoms with Crippen molar-refractivity contribution in [3.8, 4) is 0 Å². The van der Waals surface area contributed by atoms with Gasteiger partial charge in [-0.3, -0.25) is 10.1 Å². The average Bonchev–Trinajstić information content (AvgIpc) is 2.42. The predicted molar refractivity (Wildman–Crippen MR) is 88.7 cm³/mol. The molecular weight excluding hydrogens is 322 g/mol. The fourth-order valence-corrected chi connectivity index (χ4v) is 2.50. The smallest absolute Gasteiger partial charge is 0.407 e. The maximum Gasteiger partial charge on any atom is 0.407 e. The van der Waals surface area contributed by atoms with Gasteiger partial charge in [0.15, 0.2) is 0 Å². The van der Waals surface area contributed by atoms with Crippen LogP contribution in [0.25, 0.3) is 0 Å². The number of hydrogen-bond acceptors (Lipinski definition) is 5. The van der Waals surface area contributed by atoms with Gasteiger partial charge in [-0.2, -0.15) is 0 Å². The molecule has 0 aliphatic heterocycles. The molecule has 7 nitrogen and oxygen atoms in total. The zero-order valence-electron chi connectivity index (χ0n) is 13.7. The molecule has 0 aliphatic rings. The second-order valence-corrected chi connectivity index (χ2v) is 6.92. The molecule has 128 valence electrons. The number of hydrogen-bond donors (Lipinski definition) is 2. The van der Waals surface area contributed by atoms with Gasteiger partial charge in [-0.05, 0) is 26.8 Å². The summed E-state index contributed by atoms with van der Waals surface area (Å²) >= 11 is 6.15. The van der Waals surface area contributed by atoms with Gasteiger partial charge in [-0.1, -0.05) is 24.6 Å². The van der Waals surface area contributed by atoms with Crippen molar-refractivity contribution in [3.63, 3.8) is 0 Å². The summed E-state index contributed by atoms with van der Waals surface area (Å²) in [5.74, 6) is 0. The number of halogens is 1. The number of carbonyl (C=O) groups excluding carboxylic acids is 1. The van der Waals surface area contributed by atoms with Crippen LogP contribution >= 0.6 is 11.6 Å². The van der Waals surface area contributed by atoms with E-state index in [2.05, 4.69) is 5.32 Å². The highest BCUT2D eigenvalue weighted by Crippen LogP contribution is 2.36. The molecule has 1 aromatic rings. The van der Waals surface area contributed by atoms with Gasteiger partial charge in [0.2, 0.25) is 0 Å². The Hall–Kier alpha value is -1.86. The van der Waals surface area contributed by atoms with Crippen molar-refractivity contribution in [1.29, 1.82) is 0 Å². The summed E-state index contributed by atoms with van der Waals surface area (Å²) in [7, 11) is 0. The number of nitro benzene ring substituents is 1. The molecule has 1 rings (SSSR count). The van der Waals surface area contributed by atoms with Crippen LogP contribution in [0.2, 0.25) is 5.02 Å². The Morgan fingerprint density at radius 2 is 2.00 bits per heavy atom. The predicted octanol–water partition coefficient (Wildman–Crippen LogP) is 2.99. The quantitative estimate of drug-likeness (QED) is 0.631. The van der Waals surface area contributed by atoms with Crippen LogP contribution in [0.15, 0.2) is 18.2 Å². The Labute approximate surface area is 140 Å². The van der Waals surface area contributed by atoms with Crippen LogP contribution in [0.3, 0.4) is 0 Å². The van der Waals surface area contributed by atoms with Gasteiger partial charge >= 0.3 is 6.09 Å². The van der Waals surface area contributed by atoms with Crippen LogP contribution in [-0.4, -0.2) is 29.7 Å². The number of nitrogens with two attached hydrogens (primary N) is 1. The standard InChI is InChI=1S/C15H22ClN3O4/c1-14(2,3)23-13(20)18-9-15(4,8-17)12-10(16)6-5-7-11(12)19(21)22/h5-7H,8-9,17H2,1-4H3,(H,18,20). The summed E-state index contributed by atoms with van der Waals surface area (Å²) < 4.78 is 5.16. The summed E-state index contributed by atoms with van der Waals surface area (Å²) in [5.41, 5.74) is 4.44. The molecule has 1 amide bonds. The number of benzene rings is 1. The maximum atomic E-state index is 11.8. The van der Waals surface area contributed by atoms with Crippen LogP contribution in [0, 0.1) is 10.1 Å². The molecule has 8 heteroatoms. The van der Waals surface area contributed by atoms with E-state index in [0.29, 0.717) is 5.56 Å². The topological polar surface area (TPSA) is 107 Å². The Balaban J connectivity index is 3.07. The number of amides is 1. The van der Waals surface area contributed by atoms with E-state index in [4.69, 9.17) is 22.1 Å². The Kier molecular flexibility index (Phi) is 5.96. The Morgan fingerprint density at radius 3 is 2.48 bits per heavy atom.